The standard InChI is InChI=1S/C19H27N3O5.ClH/c1-3-27-19(25)12(2)21-17(23)14-4-6-15(7-5-14)22-18(24)16(20)13-8-10-26-11-9-13;/h4-7,12-13,16H,3,8-11,20H2,1-2H3,(H,21,23)(H,22,24);1H. The Kier molecular flexibility index (Phi) is 9.92. The summed E-state index contributed by atoms with van der Waals surface area (Å²) in [6.07, 6.45) is 1.54. The smallest absolute Gasteiger partial charge is 0.328 e. The summed E-state index contributed by atoms with van der Waals surface area (Å²) in [5.74, 6) is -1.03. The van der Waals surface area contributed by atoms with Crippen LogP contribution in [0.2, 0.25) is 0 Å². The van der Waals surface area contributed by atoms with Gasteiger partial charge in [-0.25, -0.2) is 4.79 Å². The maximum Gasteiger partial charge on any atom is 0.328 e. The van der Waals surface area contributed by atoms with E-state index >= 15 is 0 Å². The van der Waals surface area contributed by atoms with Crippen molar-refractivity contribution in [3.8, 4) is 0 Å². The summed E-state index contributed by atoms with van der Waals surface area (Å²) in [4.78, 5) is 36.1. The van der Waals surface area contributed by atoms with Crippen molar-refractivity contribution in [2.24, 2.45) is 11.7 Å². The zero-order valence-electron chi connectivity index (χ0n) is 16.1. The summed E-state index contributed by atoms with van der Waals surface area (Å²) in [6, 6.07) is 5.06. The van der Waals surface area contributed by atoms with E-state index < -0.39 is 24.0 Å². The van der Waals surface area contributed by atoms with Crippen LogP contribution >= 0.6 is 12.4 Å². The average Bonchev–Trinajstić information content (AvgIpc) is 2.68. The number of rotatable bonds is 7. The van der Waals surface area contributed by atoms with Crippen LogP contribution in [0.1, 0.15) is 37.0 Å². The van der Waals surface area contributed by atoms with Gasteiger partial charge in [-0.1, -0.05) is 0 Å². The van der Waals surface area contributed by atoms with Gasteiger partial charge >= 0.3 is 5.97 Å². The minimum absolute atomic E-state index is 0. The Bertz CT molecular complexity index is 662. The summed E-state index contributed by atoms with van der Waals surface area (Å²) in [7, 11) is 0. The van der Waals surface area contributed by atoms with E-state index in [0.717, 1.165) is 12.8 Å². The van der Waals surface area contributed by atoms with Gasteiger partial charge in [-0.2, -0.15) is 0 Å². The highest BCUT2D eigenvalue weighted by molar-refractivity contribution is 5.98. The molecule has 4 N–H and O–H groups in total. The van der Waals surface area contributed by atoms with Crippen molar-refractivity contribution in [3.05, 3.63) is 29.8 Å². The molecular weight excluding hydrogens is 386 g/mol. The first-order valence-electron chi connectivity index (χ1n) is 9.14. The van der Waals surface area contributed by atoms with Gasteiger partial charge < -0.3 is 25.8 Å². The van der Waals surface area contributed by atoms with Crippen LogP contribution in [0.4, 0.5) is 5.69 Å². The monoisotopic (exact) mass is 413 g/mol. The molecule has 9 heteroatoms. The third kappa shape index (κ3) is 6.78. The van der Waals surface area contributed by atoms with Crippen molar-refractivity contribution in [2.75, 3.05) is 25.1 Å². The number of esters is 1. The Balaban J connectivity index is 0.00000392. The van der Waals surface area contributed by atoms with E-state index in [-0.39, 0.29) is 30.8 Å². The molecule has 1 aliphatic rings. The molecule has 0 bridgehead atoms. The van der Waals surface area contributed by atoms with Crippen LogP contribution in [0.3, 0.4) is 0 Å². The topological polar surface area (TPSA) is 120 Å². The first kappa shape index (κ1) is 23.9. The first-order chi connectivity index (χ1) is 12.9. The molecule has 1 saturated heterocycles. The number of ether oxygens (including phenoxy) is 2. The Labute approximate surface area is 170 Å². The molecule has 1 fully saturated rings. The third-order valence-corrected chi connectivity index (χ3v) is 4.48. The number of benzene rings is 1. The quantitative estimate of drug-likeness (QED) is 0.582. The van der Waals surface area contributed by atoms with Crippen LogP contribution in [-0.2, 0) is 19.1 Å². The van der Waals surface area contributed by atoms with Crippen LogP contribution in [0.15, 0.2) is 24.3 Å². The minimum Gasteiger partial charge on any atom is -0.464 e. The Hall–Kier alpha value is -2.16. The molecule has 2 unspecified atom stereocenters. The second-order valence-corrected chi connectivity index (χ2v) is 6.49. The molecule has 156 valence electrons. The molecule has 2 atom stereocenters. The van der Waals surface area contributed by atoms with E-state index in [1.807, 2.05) is 0 Å². The molecule has 1 aromatic carbocycles. The molecule has 1 heterocycles. The van der Waals surface area contributed by atoms with Gasteiger partial charge in [-0.15, -0.1) is 12.4 Å². The van der Waals surface area contributed by atoms with Gasteiger partial charge in [-0.05, 0) is 56.9 Å². The highest BCUT2D eigenvalue weighted by Gasteiger charge is 2.26. The van der Waals surface area contributed by atoms with E-state index in [2.05, 4.69) is 10.6 Å². The Morgan fingerprint density at radius 3 is 2.39 bits per heavy atom. The summed E-state index contributed by atoms with van der Waals surface area (Å²) < 4.78 is 10.1. The number of nitrogens with one attached hydrogen (secondary N) is 2. The second-order valence-electron chi connectivity index (χ2n) is 6.49. The number of amides is 2. The number of anilines is 1. The number of nitrogens with two attached hydrogens (primary N) is 1. The lowest BCUT2D eigenvalue weighted by Gasteiger charge is -2.26. The summed E-state index contributed by atoms with van der Waals surface area (Å²) in [6.45, 7) is 4.76. The molecule has 0 saturated carbocycles. The molecule has 1 aliphatic heterocycles. The Morgan fingerprint density at radius 2 is 1.82 bits per heavy atom. The lowest BCUT2D eigenvalue weighted by atomic mass is 9.92. The fourth-order valence-corrected chi connectivity index (χ4v) is 2.83. The summed E-state index contributed by atoms with van der Waals surface area (Å²) in [5, 5.41) is 5.34. The lowest BCUT2D eigenvalue weighted by molar-refractivity contribution is -0.144. The maximum atomic E-state index is 12.3. The van der Waals surface area contributed by atoms with Crippen LogP contribution in [0.5, 0.6) is 0 Å². The third-order valence-electron chi connectivity index (χ3n) is 4.48. The molecule has 28 heavy (non-hydrogen) atoms. The fraction of sp³-hybridized carbons (Fsp3) is 0.526. The largest absolute Gasteiger partial charge is 0.464 e. The predicted octanol–water partition coefficient (Wildman–Crippen LogP) is 1.48. The molecule has 8 nitrogen and oxygen atoms in total. The zero-order valence-corrected chi connectivity index (χ0v) is 16.9. The molecule has 0 aromatic heterocycles. The van der Waals surface area contributed by atoms with E-state index in [9.17, 15) is 14.4 Å². The average molecular weight is 414 g/mol. The van der Waals surface area contributed by atoms with E-state index in [1.165, 1.54) is 0 Å². The highest BCUT2D eigenvalue weighted by atomic mass is 35.5. The zero-order chi connectivity index (χ0) is 19.8. The maximum absolute atomic E-state index is 12.3. The molecule has 1 aromatic rings. The van der Waals surface area contributed by atoms with Crippen molar-refractivity contribution in [2.45, 2.75) is 38.8 Å². The van der Waals surface area contributed by atoms with E-state index in [4.69, 9.17) is 15.2 Å². The van der Waals surface area contributed by atoms with Gasteiger partial charge in [0.25, 0.3) is 5.91 Å². The van der Waals surface area contributed by atoms with Crippen molar-refractivity contribution >= 4 is 35.9 Å². The molecule has 0 radical (unpaired) electrons. The highest BCUT2D eigenvalue weighted by Crippen LogP contribution is 2.19. The van der Waals surface area contributed by atoms with Gasteiger partial charge in [0.05, 0.1) is 12.6 Å². The summed E-state index contributed by atoms with van der Waals surface area (Å²) >= 11 is 0. The number of carbonyl (C=O) groups is 3. The van der Waals surface area contributed by atoms with Crippen molar-refractivity contribution < 1.29 is 23.9 Å². The van der Waals surface area contributed by atoms with Crippen molar-refractivity contribution in [1.29, 1.82) is 0 Å². The van der Waals surface area contributed by atoms with Crippen LogP contribution < -0.4 is 16.4 Å². The fourth-order valence-electron chi connectivity index (χ4n) is 2.83. The van der Waals surface area contributed by atoms with Gasteiger partial charge in [0.1, 0.15) is 6.04 Å². The van der Waals surface area contributed by atoms with Gasteiger partial charge in [0.2, 0.25) is 5.91 Å². The first-order valence-corrected chi connectivity index (χ1v) is 9.14. The predicted molar refractivity (Wildman–Crippen MR) is 107 cm³/mol. The van der Waals surface area contributed by atoms with Gasteiger partial charge in [0, 0.05) is 24.5 Å². The van der Waals surface area contributed by atoms with Crippen molar-refractivity contribution in [3.63, 3.8) is 0 Å². The van der Waals surface area contributed by atoms with Crippen LogP contribution in [0.25, 0.3) is 0 Å². The SMILES string of the molecule is CCOC(=O)C(C)NC(=O)c1ccc(NC(=O)C(N)C2CCOCC2)cc1.Cl. The molecular formula is C19H28ClN3O5. The number of carbonyl (C=O) groups excluding carboxylic acids is 3. The van der Waals surface area contributed by atoms with E-state index in [0.29, 0.717) is 24.5 Å². The number of hydrogen-bond donors (Lipinski definition) is 3. The Morgan fingerprint density at radius 1 is 1.21 bits per heavy atom. The lowest BCUT2D eigenvalue weighted by Crippen LogP contribution is -2.44. The number of hydrogen-bond acceptors (Lipinski definition) is 6. The summed E-state index contributed by atoms with van der Waals surface area (Å²) in [5.41, 5.74) is 6.98. The normalized spacial score (nSPS) is 16.2. The molecule has 0 spiro atoms. The van der Waals surface area contributed by atoms with Gasteiger partial charge in [-0.3, -0.25) is 9.59 Å². The van der Waals surface area contributed by atoms with Crippen LogP contribution in [-0.4, -0.2) is 49.7 Å². The van der Waals surface area contributed by atoms with Crippen LogP contribution in [0, 0.1) is 5.92 Å². The molecule has 2 amide bonds. The minimum atomic E-state index is -0.741. The number of halogens is 1. The molecule has 0 aliphatic carbocycles. The molecule has 2 rings (SSSR count). The van der Waals surface area contributed by atoms with Crippen molar-refractivity contribution in [1.82, 2.24) is 5.32 Å². The second kappa shape index (κ2) is 11.6. The van der Waals surface area contributed by atoms with E-state index in [1.54, 1.807) is 38.1 Å². The van der Waals surface area contributed by atoms with Gasteiger partial charge in [0.15, 0.2) is 0 Å².